The third-order valence-electron chi connectivity index (χ3n) is 6.05. The average molecular weight is 552 g/mol. The Kier molecular flexibility index (Phi) is 6.41. The molecule has 0 amide bonds. The van der Waals surface area contributed by atoms with Crippen molar-refractivity contribution in [3.8, 4) is 11.3 Å². The molecule has 0 bridgehead atoms. The van der Waals surface area contributed by atoms with Crippen molar-refractivity contribution < 1.29 is 13.2 Å². The zero-order chi connectivity index (χ0) is 23.9. The molecule has 12 nitrogen and oxygen atoms in total. The van der Waals surface area contributed by atoms with Gasteiger partial charge in [-0.1, -0.05) is 0 Å². The van der Waals surface area contributed by atoms with Crippen molar-refractivity contribution in [1.82, 2.24) is 33.5 Å². The molecule has 2 N–H and O–H groups in total. The molecule has 0 radical (unpaired) electrons. The summed E-state index contributed by atoms with van der Waals surface area (Å²) in [5.74, 6) is 0.978. The molecule has 0 spiro atoms. The van der Waals surface area contributed by atoms with Crippen LogP contribution in [0.3, 0.4) is 0 Å². The number of nitrogens with two attached hydrogens (primary N) is 1. The van der Waals surface area contributed by atoms with Crippen LogP contribution in [0.5, 0.6) is 0 Å². The van der Waals surface area contributed by atoms with Crippen LogP contribution in [0.2, 0.25) is 0 Å². The van der Waals surface area contributed by atoms with Crippen molar-refractivity contribution in [1.29, 1.82) is 0 Å². The first-order valence-electron chi connectivity index (χ1n) is 10.9. The maximum atomic E-state index is 11.8. The largest absolute Gasteiger partial charge is 0.378 e. The van der Waals surface area contributed by atoms with E-state index in [4.69, 9.17) is 20.4 Å². The summed E-state index contributed by atoms with van der Waals surface area (Å²) in [7, 11) is -3.17. The Bertz CT molecular complexity index is 1280. The molecule has 34 heavy (non-hydrogen) atoms. The van der Waals surface area contributed by atoms with Crippen LogP contribution in [0.1, 0.15) is 5.69 Å². The summed E-state index contributed by atoms with van der Waals surface area (Å²) < 4.78 is 33.5. The van der Waals surface area contributed by atoms with Crippen molar-refractivity contribution in [3.63, 3.8) is 0 Å². The number of imidazole rings is 1. The van der Waals surface area contributed by atoms with Gasteiger partial charge in [-0.2, -0.15) is 4.31 Å². The Balaban J connectivity index is 1.49. The summed E-state index contributed by atoms with van der Waals surface area (Å²) in [5, 5.41) is 0. The fraction of sp³-hybridized carbons (Fsp3) is 0.500. The van der Waals surface area contributed by atoms with Crippen LogP contribution in [0.25, 0.3) is 16.9 Å². The van der Waals surface area contributed by atoms with E-state index in [-0.39, 0.29) is 5.95 Å². The van der Waals surface area contributed by atoms with Crippen LogP contribution < -0.4 is 10.6 Å². The molecule has 0 unspecified atom stereocenters. The fourth-order valence-corrected chi connectivity index (χ4v) is 5.49. The highest BCUT2D eigenvalue weighted by molar-refractivity contribution is 9.10. The molecule has 2 saturated heterocycles. The second-order valence-corrected chi connectivity index (χ2v) is 11.1. The van der Waals surface area contributed by atoms with Crippen LogP contribution in [0.15, 0.2) is 23.2 Å². The van der Waals surface area contributed by atoms with E-state index in [1.165, 1.54) is 10.6 Å². The second-order valence-electron chi connectivity index (χ2n) is 8.36. The van der Waals surface area contributed by atoms with Gasteiger partial charge in [-0.15, -0.1) is 0 Å². The third-order valence-corrected chi connectivity index (χ3v) is 8.19. The van der Waals surface area contributed by atoms with Gasteiger partial charge in [-0.3, -0.25) is 9.30 Å². The number of nitrogen functional groups attached to an aromatic ring is 1. The van der Waals surface area contributed by atoms with Gasteiger partial charge in [0.2, 0.25) is 16.0 Å². The van der Waals surface area contributed by atoms with Gasteiger partial charge in [0.05, 0.1) is 30.9 Å². The highest BCUT2D eigenvalue weighted by Crippen LogP contribution is 2.30. The van der Waals surface area contributed by atoms with Gasteiger partial charge >= 0.3 is 0 Å². The minimum atomic E-state index is -3.17. The molecule has 2 aliphatic heterocycles. The van der Waals surface area contributed by atoms with Gasteiger partial charge in [0, 0.05) is 70.0 Å². The molecule has 2 aliphatic rings. The molecule has 0 aromatic carbocycles. The molecular weight excluding hydrogens is 526 g/mol. The van der Waals surface area contributed by atoms with E-state index in [9.17, 15) is 8.42 Å². The topological polar surface area (TPSA) is 135 Å². The number of anilines is 2. The average Bonchev–Trinajstić information content (AvgIpc) is 3.14. The van der Waals surface area contributed by atoms with E-state index in [1.807, 2.05) is 10.6 Å². The molecule has 0 atom stereocenters. The Morgan fingerprint density at radius 2 is 1.74 bits per heavy atom. The highest BCUT2D eigenvalue weighted by atomic mass is 79.9. The maximum Gasteiger partial charge on any atom is 0.219 e. The predicted molar refractivity (Wildman–Crippen MR) is 131 cm³/mol. The lowest BCUT2D eigenvalue weighted by atomic mass is 10.2. The quantitative estimate of drug-likeness (QED) is 0.475. The molecular formula is C20H26BrN9O3S. The maximum absolute atomic E-state index is 11.8. The third kappa shape index (κ3) is 4.73. The number of aromatic nitrogens is 5. The van der Waals surface area contributed by atoms with Crippen LogP contribution in [-0.2, 0) is 21.3 Å². The summed E-state index contributed by atoms with van der Waals surface area (Å²) in [4.78, 5) is 22.5. The first kappa shape index (κ1) is 23.4. The predicted octanol–water partition coefficient (Wildman–Crippen LogP) is 0.445. The van der Waals surface area contributed by atoms with Gasteiger partial charge in [-0.05, 0) is 15.9 Å². The van der Waals surface area contributed by atoms with Crippen molar-refractivity contribution in [2.45, 2.75) is 6.54 Å². The molecule has 5 rings (SSSR count). The van der Waals surface area contributed by atoms with Gasteiger partial charge in [0.1, 0.15) is 4.60 Å². The molecule has 0 saturated carbocycles. The Hall–Kier alpha value is -2.39. The molecule has 3 aromatic heterocycles. The van der Waals surface area contributed by atoms with E-state index in [2.05, 4.69) is 35.7 Å². The molecule has 182 valence electrons. The van der Waals surface area contributed by atoms with E-state index >= 15 is 0 Å². The van der Waals surface area contributed by atoms with E-state index in [1.54, 1.807) is 12.4 Å². The first-order valence-corrected chi connectivity index (χ1v) is 13.6. The highest BCUT2D eigenvalue weighted by Gasteiger charge is 2.26. The summed E-state index contributed by atoms with van der Waals surface area (Å²) >= 11 is 3.74. The lowest BCUT2D eigenvalue weighted by molar-refractivity contribution is 0.122. The van der Waals surface area contributed by atoms with Crippen molar-refractivity contribution in [2.75, 3.05) is 69.4 Å². The number of sulfonamides is 1. The van der Waals surface area contributed by atoms with Crippen LogP contribution in [0, 0.1) is 0 Å². The molecule has 5 heterocycles. The first-order chi connectivity index (χ1) is 16.3. The summed E-state index contributed by atoms with van der Waals surface area (Å²) in [6, 6.07) is 0. The number of piperazine rings is 1. The van der Waals surface area contributed by atoms with E-state index in [0.29, 0.717) is 51.6 Å². The van der Waals surface area contributed by atoms with Gasteiger partial charge in [0.15, 0.2) is 11.5 Å². The van der Waals surface area contributed by atoms with Gasteiger partial charge in [-0.25, -0.2) is 28.4 Å². The molecule has 2 fully saturated rings. The summed E-state index contributed by atoms with van der Waals surface area (Å²) in [5.41, 5.74) is 8.74. The van der Waals surface area contributed by atoms with Crippen LogP contribution >= 0.6 is 15.9 Å². The molecule has 14 heteroatoms. The minimum absolute atomic E-state index is 0.209. The summed E-state index contributed by atoms with van der Waals surface area (Å²) in [6.07, 6.45) is 6.49. The standard InChI is InChI=1S/C20H26BrN9O3S/c1-34(31,32)29-4-2-27(3-5-29)12-16-17(21)30-13-15(14-10-23-20(22)24-11-14)25-18(19(30)26-16)28-6-8-33-9-7-28/h10-11,13H,2-9,12H2,1H3,(H2,22,23,24). The van der Waals surface area contributed by atoms with Crippen LogP contribution in [0.4, 0.5) is 11.8 Å². The van der Waals surface area contributed by atoms with Crippen molar-refractivity contribution in [2.24, 2.45) is 0 Å². The van der Waals surface area contributed by atoms with E-state index in [0.717, 1.165) is 40.4 Å². The Morgan fingerprint density at radius 1 is 1.06 bits per heavy atom. The normalized spacial score (nSPS) is 18.6. The second kappa shape index (κ2) is 9.34. The Labute approximate surface area is 205 Å². The number of hydrogen-bond donors (Lipinski definition) is 1. The molecule has 3 aromatic rings. The lowest BCUT2D eigenvalue weighted by Gasteiger charge is -2.32. The Morgan fingerprint density at radius 3 is 2.38 bits per heavy atom. The fourth-order valence-electron chi connectivity index (χ4n) is 4.18. The number of nitrogens with zero attached hydrogens (tertiary/aromatic N) is 8. The van der Waals surface area contributed by atoms with E-state index < -0.39 is 10.0 Å². The van der Waals surface area contributed by atoms with Crippen LogP contribution in [-0.4, -0.2) is 101 Å². The monoisotopic (exact) mass is 551 g/mol. The summed E-state index contributed by atoms with van der Waals surface area (Å²) in [6.45, 7) is 5.55. The number of ether oxygens (including phenoxy) is 1. The van der Waals surface area contributed by atoms with Crippen molar-refractivity contribution >= 4 is 43.4 Å². The molecule has 0 aliphatic carbocycles. The number of fused-ring (bicyclic) bond motifs is 1. The number of rotatable bonds is 5. The van der Waals surface area contributed by atoms with Gasteiger partial charge in [0.25, 0.3) is 0 Å². The SMILES string of the molecule is CS(=O)(=O)N1CCN(Cc2nc3c(N4CCOCC4)nc(-c4cnc(N)nc4)cn3c2Br)CC1. The number of morpholine rings is 1. The minimum Gasteiger partial charge on any atom is -0.378 e. The number of hydrogen-bond acceptors (Lipinski definition) is 10. The van der Waals surface area contributed by atoms with Gasteiger partial charge < -0.3 is 15.4 Å². The lowest BCUT2D eigenvalue weighted by Crippen LogP contribution is -2.47. The smallest absolute Gasteiger partial charge is 0.219 e. The zero-order valence-corrected chi connectivity index (χ0v) is 21.2. The number of halogens is 1. The van der Waals surface area contributed by atoms with Crippen molar-refractivity contribution in [3.05, 3.63) is 28.9 Å². The zero-order valence-electron chi connectivity index (χ0n) is 18.8.